The number of amides is 1. The molecule has 5 heteroatoms. The first-order valence-corrected chi connectivity index (χ1v) is 9.30. The van der Waals surface area contributed by atoms with Gasteiger partial charge < -0.3 is 5.32 Å². The van der Waals surface area contributed by atoms with Crippen LogP contribution in [0.5, 0.6) is 0 Å². The smallest absolute Gasteiger partial charge is 0.228 e. The van der Waals surface area contributed by atoms with E-state index in [0.717, 1.165) is 43.7 Å². The summed E-state index contributed by atoms with van der Waals surface area (Å²) in [4.78, 5) is 14.9. The van der Waals surface area contributed by atoms with Gasteiger partial charge in [0.1, 0.15) is 0 Å². The molecule has 2 aromatic carbocycles. The number of likely N-dealkylation sites (tertiary alicyclic amines) is 1. The van der Waals surface area contributed by atoms with Crippen molar-refractivity contribution >= 4 is 34.8 Å². The van der Waals surface area contributed by atoms with Gasteiger partial charge in [-0.15, -0.1) is 0 Å². The quantitative estimate of drug-likeness (QED) is 0.799. The number of aryl methyl sites for hydroxylation is 1. The second kappa shape index (κ2) is 8.22. The molecule has 132 valence electrons. The summed E-state index contributed by atoms with van der Waals surface area (Å²) in [6.45, 7) is 4.57. The Kier molecular flexibility index (Phi) is 6.00. The number of anilines is 1. The van der Waals surface area contributed by atoms with Crippen LogP contribution in [0.4, 0.5) is 5.69 Å². The highest BCUT2D eigenvalue weighted by atomic mass is 35.5. The molecule has 1 aliphatic heterocycles. The van der Waals surface area contributed by atoms with Crippen molar-refractivity contribution in [1.29, 1.82) is 0 Å². The minimum Gasteiger partial charge on any atom is -0.326 e. The van der Waals surface area contributed by atoms with Crippen LogP contribution in [-0.4, -0.2) is 23.9 Å². The predicted molar refractivity (Wildman–Crippen MR) is 104 cm³/mol. The number of hydrogen-bond acceptors (Lipinski definition) is 2. The van der Waals surface area contributed by atoms with Gasteiger partial charge in [0.15, 0.2) is 0 Å². The number of nitrogens with one attached hydrogen (secondary N) is 1. The molecule has 25 heavy (non-hydrogen) atoms. The number of rotatable bonds is 4. The van der Waals surface area contributed by atoms with Crippen LogP contribution in [-0.2, 0) is 11.3 Å². The Morgan fingerprint density at radius 1 is 1.16 bits per heavy atom. The molecule has 1 fully saturated rings. The molecule has 1 amide bonds. The van der Waals surface area contributed by atoms with Crippen LogP contribution in [0, 0.1) is 12.8 Å². The number of carbonyl (C=O) groups excluding carboxylic acids is 1. The Bertz CT molecular complexity index is 746. The van der Waals surface area contributed by atoms with Gasteiger partial charge in [-0.1, -0.05) is 47.0 Å². The second-order valence-electron chi connectivity index (χ2n) is 6.68. The van der Waals surface area contributed by atoms with Crippen LogP contribution in [0.1, 0.15) is 24.0 Å². The van der Waals surface area contributed by atoms with Crippen LogP contribution >= 0.6 is 23.2 Å². The monoisotopic (exact) mass is 376 g/mol. The lowest BCUT2D eigenvalue weighted by Gasteiger charge is -2.32. The fourth-order valence-corrected chi connectivity index (χ4v) is 3.51. The predicted octanol–water partition coefficient (Wildman–Crippen LogP) is 5.15. The van der Waals surface area contributed by atoms with Gasteiger partial charge in [-0.3, -0.25) is 9.69 Å². The first-order chi connectivity index (χ1) is 12.0. The lowest BCUT2D eigenvalue weighted by molar-refractivity contribution is -0.121. The highest BCUT2D eigenvalue weighted by Gasteiger charge is 2.26. The van der Waals surface area contributed by atoms with E-state index in [1.807, 2.05) is 49.4 Å². The van der Waals surface area contributed by atoms with Crippen molar-refractivity contribution < 1.29 is 4.79 Å². The van der Waals surface area contributed by atoms with Gasteiger partial charge in [-0.25, -0.2) is 0 Å². The number of hydrogen-bond donors (Lipinski definition) is 1. The van der Waals surface area contributed by atoms with Crippen molar-refractivity contribution in [2.75, 3.05) is 18.4 Å². The van der Waals surface area contributed by atoms with Crippen molar-refractivity contribution in [3.05, 3.63) is 63.6 Å². The fourth-order valence-electron chi connectivity index (χ4n) is 3.19. The van der Waals surface area contributed by atoms with Gasteiger partial charge in [0.2, 0.25) is 5.91 Å². The average Bonchev–Trinajstić information content (AvgIpc) is 2.60. The Morgan fingerprint density at radius 2 is 1.92 bits per heavy atom. The van der Waals surface area contributed by atoms with Gasteiger partial charge in [0, 0.05) is 18.8 Å². The molecule has 2 aromatic rings. The maximum atomic E-state index is 12.6. The zero-order chi connectivity index (χ0) is 17.8. The number of piperidine rings is 1. The molecule has 1 atom stereocenters. The summed E-state index contributed by atoms with van der Waals surface area (Å²) in [5, 5.41) is 4.18. The van der Waals surface area contributed by atoms with E-state index in [2.05, 4.69) is 10.2 Å². The Morgan fingerprint density at radius 3 is 2.64 bits per heavy atom. The third-order valence-electron chi connectivity index (χ3n) is 4.59. The van der Waals surface area contributed by atoms with Crippen LogP contribution in [0.15, 0.2) is 42.5 Å². The van der Waals surface area contributed by atoms with Gasteiger partial charge >= 0.3 is 0 Å². The lowest BCUT2D eigenvalue weighted by Crippen LogP contribution is -2.40. The van der Waals surface area contributed by atoms with Crippen LogP contribution in [0.2, 0.25) is 10.0 Å². The summed E-state index contributed by atoms with van der Waals surface area (Å²) >= 11 is 12.1. The van der Waals surface area contributed by atoms with E-state index in [0.29, 0.717) is 10.0 Å². The molecule has 0 aromatic heterocycles. The number of halogens is 2. The van der Waals surface area contributed by atoms with Gasteiger partial charge in [-0.2, -0.15) is 0 Å². The van der Waals surface area contributed by atoms with Crippen molar-refractivity contribution in [1.82, 2.24) is 4.90 Å². The van der Waals surface area contributed by atoms with Gasteiger partial charge in [0.05, 0.1) is 16.0 Å². The zero-order valence-electron chi connectivity index (χ0n) is 14.3. The van der Waals surface area contributed by atoms with Crippen LogP contribution in [0.3, 0.4) is 0 Å². The molecule has 0 spiro atoms. The second-order valence-corrected chi connectivity index (χ2v) is 7.49. The number of carbonyl (C=O) groups is 1. The zero-order valence-corrected chi connectivity index (χ0v) is 15.8. The van der Waals surface area contributed by atoms with Crippen LogP contribution in [0.25, 0.3) is 0 Å². The number of benzene rings is 2. The summed E-state index contributed by atoms with van der Waals surface area (Å²) in [5.41, 5.74) is 3.16. The van der Waals surface area contributed by atoms with Crippen molar-refractivity contribution in [3.8, 4) is 0 Å². The van der Waals surface area contributed by atoms with E-state index in [9.17, 15) is 4.79 Å². The van der Waals surface area contributed by atoms with Crippen LogP contribution < -0.4 is 5.32 Å². The van der Waals surface area contributed by atoms with E-state index >= 15 is 0 Å². The average molecular weight is 377 g/mol. The molecule has 0 radical (unpaired) electrons. The Balaban J connectivity index is 1.59. The van der Waals surface area contributed by atoms with E-state index in [4.69, 9.17) is 23.2 Å². The van der Waals surface area contributed by atoms with Crippen molar-refractivity contribution in [3.63, 3.8) is 0 Å². The molecule has 0 aliphatic carbocycles. The molecule has 1 heterocycles. The van der Waals surface area contributed by atoms with E-state index < -0.39 is 0 Å². The standard InChI is InChI=1S/C20H22Cl2N2O/c1-14-4-7-17(8-5-14)23-20(25)16-3-2-10-24(13-16)12-15-6-9-18(21)19(22)11-15/h4-9,11,16H,2-3,10,12-13H2,1H3,(H,23,25). The minimum atomic E-state index is 0.0119. The summed E-state index contributed by atoms with van der Waals surface area (Å²) in [6, 6.07) is 13.6. The summed E-state index contributed by atoms with van der Waals surface area (Å²) in [5.74, 6) is 0.112. The SMILES string of the molecule is Cc1ccc(NC(=O)C2CCCN(Cc3ccc(Cl)c(Cl)c3)C2)cc1. The molecule has 1 unspecified atom stereocenters. The minimum absolute atomic E-state index is 0.0119. The lowest BCUT2D eigenvalue weighted by atomic mass is 9.96. The molecule has 1 N–H and O–H groups in total. The maximum Gasteiger partial charge on any atom is 0.228 e. The van der Waals surface area contributed by atoms with Gasteiger partial charge in [0.25, 0.3) is 0 Å². The molecule has 1 saturated heterocycles. The van der Waals surface area contributed by atoms with Crippen molar-refractivity contribution in [2.45, 2.75) is 26.3 Å². The van der Waals surface area contributed by atoms with E-state index in [-0.39, 0.29) is 11.8 Å². The molecule has 3 nitrogen and oxygen atoms in total. The third kappa shape index (κ3) is 4.97. The maximum absolute atomic E-state index is 12.6. The number of nitrogens with zero attached hydrogens (tertiary/aromatic N) is 1. The molecule has 3 rings (SSSR count). The van der Waals surface area contributed by atoms with Crippen molar-refractivity contribution in [2.24, 2.45) is 5.92 Å². The largest absolute Gasteiger partial charge is 0.326 e. The van der Waals surface area contributed by atoms with Gasteiger partial charge in [-0.05, 0) is 56.1 Å². The third-order valence-corrected chi connectivity index (χ3v) is 5.32. The van der Waals surface area contributed by atoms with E-state index in [1.165, 1.54) is 5.56 Å². The first kappa shape index (κ1) is 18.2. The Hall–Kier alpha value is -1.55. The fraction of sp³-hybridized carbons (Fsp3) is 0.350. The molecule has 1 aliphatic rings. The summed E-state index contributed by atoms with van der Waals surface area (Å²) in [7, 11) is 0. The highest BCUT2D eigenvalue weighted by Crippen LogP contribution is 2.25. The highest BCUT2D eigenvalue weighted by molar-refractivity contribution is 6.42. The normalized spacial score (nSPS) is 18.1. The summed E-state index contributed by atoms with van der Waals surface area (Å²) in [6.07, 6.45) is 1.95. The molecule has 0 bridgehead atoms. The molecular weight excluding hydrogens is 355 g/mol. The topological polar surface area (TPSA) is 32.3 Å². The molecule has 0 saturated carbocycles. The molecular formula is C20H22Cl2N2O. The first-order valence-electron chi connectivity index (χ1n) is 8.55. The Labute approximate surface area is 158 Å². The van der Waals surface area contributed by atoms with E-state index in [1.54, 1.807) is 0 Å². The summed E-state index contributed by atoms with van der Waals surface area (Å²) < 4.78 is 0.